The SMILES string of the molecule is NC(=S)c1ccc(Cl)c(-n2sc3ccccc3c2=O)c1. The van der Waals surface area contributed by atoms with Crippen LogP contribution in [0.25, 0.3) is 15.8 Å². The summed E-state index contributed by atoms with van der Waals surface area (Å²) in [6.45, 7) is 0. The highest BCUT2D eigenvalue weighted by Gasteiger charge is 2.12. The zero-order valence-electron chi connectivity index (χ0n) is 10.2. The second-order valence-electron chi connectivity index (χ2n) is 4.22. The third-order valence-electron chi connectivity index (χ3n) is 2.94. The van der Waals surface area contributed by atoms with Crippen molar-refractivity contribution >= 4 is 50.4 Å². The van der Waals surface area contributed by atoms with Gasteiger partial charge in [-0.05, 0) is 24.3 Å². The largest absolute Gasteiger partial charge is 0.389 e. The van der Waals surface area contributed by atoms with Gasteiger partial charge in [-0.3, -0.25) is 4.79 Å². The molecule has 3 aromatic rings. The number of benzene rings is 2. The van der Waals surface area contributed by atoms with E-state index in [1.807, 2.05) is 18.2 Å². The Hall–Kier alpha value is -1.69. The van der Waals surface area contributed by atoms with Crippen LogP contribution in [0.5, 0.6) is 0 Å². The van der Waals surface area contributed by atoms with Crippen molar-refractivity contribution in [2.75, 3.05) is 0 Å². The monoisotopic (exact) mass is 320 g/mol. The normalized spacial score (nSPS) is 10.8. The first-order valence-corrected chi connectivity index (χ1v) is 7.34. The van der Waals surface area contributed by atoms with E-state index in [2.05, 4.69) is 0 Å². The summed E-state index contributed by atoms with van der Waals surface area (Å²) in [6.07, 6.45) is 0. The van der Waals surface area contributed by atoms with Gasteiger partial charge in [0.15, 0.2) is 0 Å². The van der Waals surface area contributed by atoms with Crippen LogP contribution in [0, 0.1) is 0 Å². The highest BCUT2D eigenvalue weighted by molar-refractivity contribution is 7.80. The molecule has 3 rings (SSSR count). The van der Waals surface area contributed by atoms with E-state index in [9.17, 15) is 4.79 Å². The minimum Gasteiger partial charge on any atom is -0.389 e. The van der Waals surface area contributed by atoms with Gasteiger partial charge in [0.2, 0.25) is 0 Å². The lowest BCUT2D eigenvalue weighted by atomic mass is 10.2. The van der Waals surface area contributed by atoms with Gasteiger partial charge < -0.3 is 5.73 Å². The van der Waals surface area contributed by atoms with Crippen LogP contribution < -0.4 is 11.3 Å². The summed E-state index contributed by atoms with van der Waals surface area (Å²) in [6, 6.07) is 12.6. The van der Waals surface area contributed by atoms with Crippen molar-refractivity contribution in [2.24, 2.45) is 5.73 Å². The molecule has 0 saturated heterocycles. The Bertz CT molecular complexity index is 882. The van der Waals surface area contributed by atoms with Crippen LogP contribution in [0.3, 0.4) is 0 Å². The maximum absolute atomic E-state index is 12.4. The van der Waals surface area contributed by atoms with Gasteiger partial charge in [0.25, 0.3) is 5.56 Å². The maximum atomic E-state index is 12.4. The molecule has 0 aliphatic rings. The van der Waals surface area contributed by atoms with E-state index >= 15 is 0 Å². The summed E-state index contributed by atoms with van der Waals surface area (Å²) < 4.78 is 2.48. The van der Waals surface area contributed by atoms with Gasteiger partial charge in [-0.25, -0.2) is 3.96 Å². The minimum atomic E-state index is -0.0902. The summed E-state index contributed by atoms with van der Waals surface area (Å²) in [5.74, 6) is 0. The standard InChI is InChI=1S/C14H9ClN2OS2/c15-10-6-5-8(13(16)19)7-11(10)17-14(18)9-3-1-2-4-12(9)20-17/h1-7H,(H2,16,19). The van der Waals surface area contributed by atoms with Crippen molar-refractivity contribution in [2.45, 2.75) is 0 Å². The molecule has 0 amide bonds. The average Bonchev–Trinajstić information content (AvgIpc) is 2.77. The van der Waals surface area contributed by atoms with Crippen LogP contribution in [0.4, 0.5) is 0 Å². The number of nitrogens with zero attached hydrogens (tertiary/aromatic N) is 1. The Balaban J connectivity index is 2.30. The van der Waals surface area contributed by atoms with Gasteiger partial charge in [0.1, 0.15) is 4.99 Å². The predicted molar refractivity (Wildman–Crippen MR) is 88.3 cm³/mol. The highest BCUT2D eigenvalue weighted by atomic mass is 35.5. The van der Waals surface area contributed by atoms with E-state index in [1.54, 1.807) is 28.2 Å². The van der Waals surface area contributed by atoms with E-state index in [0.717, 1.165) is 4.70 Å². The van der Waals surface area contributed by atoms with Crippen molar-refractivity contribution < 1.29 is 0 Å². The third kappa shape index (κ3) is 2.14. The minimum absolute atomic E-state index is 0.0902. The molecule has 2 aromatic carbocycles. The van der Waals surface area contributed by atoms with Crippen LogP contribution in [-0.2, 0) is 0 Å². The van der Waals surface area contributed by atoms with Crippen LogP contribution in [0.1, 0.15) is 5.56 Å². The molecule has 0 spiro atoms. The molecule has 0 unspecified atom stereocenters. The Labute approximate surface area is 129 Å². The van der Waals surface area contributed by atoms with Crippen molar-refractivity contribution in [1.82, 2.24) is 3.96 Å². The molecule has 0 bridgehead atoms. The maximum Gasteiger partial charge on any atom is 0.273 e. The van der Waals surface area contributed by atoms with Gasteiger partial charge in [0, 0.05) is 5.56 Å². The number of hydrogen-bond acceptors (Lipinski definition) is 3. The van der Waals surface area contributed by atoms with Crippen molar-refractivity contribution in [1.29, 1.82) is 0 Å². The second-order valence-corrected chi connectivity index (χ2v) is 6.05. The molecular formula is C14H9ClN2OS2. The van der Waals surface area contributed by atoms with E-state index in [-0.39, 0.29) is 10.5 Å². The van der Waals surface area contributed by atoms with Gasteiger partial charge in [0.05, 0.1) is 20.8 Å². The summed E-state index contributed by atoms with van der Waals surface area (Å²) in [5.41, 5.74) is 6.82. The van der Waals surface area contributed by atoms with Crippen molar-refractivity contribution in [3.63, 3.8) is 0 Å². The highest BCUT2D eigenvalue weighted by Crippen LogP contribution is 2.26. The fraction of sp³-hybridized carbons (Fsp3) is 0. The summed E-state index contributed by atoms with van der Waals surface area (Å²) >= 11 is 12.5. The Morgan fingerprint density at radius 1 is 1.25 bits per heavy atom. The molecule has 0 atom stereocenters. The molecule has 0 fully saturated rings. The lowest BCUT2D eigenvalue weighted by Crippen LogP contribution is -2.14. The predicted octanol–water partition coefficient (Wildman–Crippen LogP) is 3.34. The summed E-state index contributed by atoms with van der Waals surface area (Å²) in [5, 5.41) is 1.16. The van der Waals surface area contributed by atoms with Gasteiger partial charge in [-0.1, -0.05) is 53.6 Å². The van der Waals surface area contributed by atoms with Crippen LogP contribution in [-0.4, -0.2) is 8.95 Å². The fourth-order valence-corrected chi connectivity index (χ4v) is 3.35. The molecule has 0 saturated carbocycles. The number of hydrogen-bond donors (Lipinski definition) is 1. The van der Waals surface area contributed by atoms with Gasteiger partial charge in [-0.15, -0.1) is 0 Å². The average molecular weight is 321 g/mol. The lowest BCUT2D eigenvalue weighted by Gasteiger charge is -2.06. The molecule has 0 aliphatic carbocycles. The van der Waals surface area contributed by atoms with Crippen molar-refractivity contribution in [3.05, 3.63) is 63.4 Å². The van der Waals surface area contributed by atoms with Crippen molar-refractivity contribution in [3.8, 4) is 5.69 Å². The molecule has 2 N–H and O–H groups in total. The molecular weight excluding hydrogens is 312 g/mol. The number of halogens is 1. The topological polar surface area (TPSA) is 48.0 Å². The number of nitrogens with two attached hydrogens (primary N) is 1. The molecule has 20 heavy (non-hydrogen) atoms. The molecule has 1 aromatic heterocycles. The second kappa shape index (κ2) is 5.01. The molecule has 3 nitrogen and oxygen atoms in total. The lowest BCUT2D eigenvalue weighted by molar-refractivity contribution is 1.14. The van der Waals surface area contributed by atoms with Gasteiger partial charge in [-0.2, -0.15) is 0 Å². The molecule has 0 aliphatic heterocycles. The molecule has 6 heteroatoms. The number of aromatic nitrogens is 1. The first-order chi connectivity index (χ1) is 9.58. The van der Waals surface area contributed by atoms with E-state index in [4.69, 9.17) is 29.6 Å². The van der Waals surface area contributed by atoms with Crippen LogP contribution in [0.15, 0.2) is 47.3 Å². The summed E-state index contributed by atoms with van der Waals surface area (Å²) in [4.78, 5) is 12.7. The first-order valence-electron chi connectivity index (χ1n) is 5.79. The zero-order chi connectivity index (χ0) is 14.3. The third-order valence-corrected chi connectivity index (χ3v) is 4.59. The van der Waals surface area contributed by atoms with E-state index in [1.165, 1.54) is 11.5 Å². The Kier molecular flexibility index (Phi) is 3.33. The Morgan fingerprint density at radius 2 is 2.00 bits per heavy atom. The molecule has 1 heterocycles. The zero-order valence-corrected chi connectivity index (χ0v) is 12.6. The first kappa shape index (κ1) is 13.3. The van der Waals surface area contributed by atoms with Gasteiger partial charge >= 0.3 is 0 Å². The smallest absolute Gasteiger partial charge is 0.273 e. The quantitative estimate of drug-likeness (QED) is 0.737. The number of fused-ring (bicyclic) bond motifs is 1. The van der Waals surface area contributed by atoms with Crippen LogP contribution >= 0.6 is 35.4 Å². The fourth-order valence-electron chi connectivity index (χ4n) is 1.95. The summed E-state index contributed by atoms with van der Waals surface area (Å²) in [7, 11) is 0. The number of thiocarbonyl (C=S) groups is 1. The van der Waals surface area contributed by atoms with E-state index < -0.39 is 0 Å². The van der Waals surface area contributed by atoms with Crippen LogP contribution in [0.2, 0.25) is 5.02 Å². The van der Waals surface area contributed by atoms with E-state index in [0.29, 0.717) is 21.7 Å². The molecule has 100 valence electrons. The molecule has 0 radical (unpaired) electrons. The number of rotatable bonds is 2. The Morgan fingerprint density at radius 3 is 2.70 bits per heavy atom.